The van der Waals surface area contributed by atoms with Crippen molar-refractivity contribution in [2.24, 2.45) is 5.92 Å². The highest BCUT2D eigenvalue weighted by Gasteiger charge is 2.75. The maximum Gasteiger partial charge on any atom is 0.132 e. The van der Waals surface area contributed by atoms with Crippen molar-refractivity contribution in [3.63, 3.8) is 0 Å². The highest BCUT2D eigenvalue weighted by Crippen LogP contribution is 2.66. The zero-order chi connectivity index (χ0) is 17.9. The molecule has 3 aliphatic carbocycles. The van der Waals surface area contributed by atoms with Crippen molar-refractivity contribution >= 4 is 0 Å². The Balaban J connectivity index is 1.60. The van der Waals surface area contributed by atoms with Gasteiger partial charge in [0.05, 0.1) is 25.6 Å². The second-order valence-electron chi connectivity index (χ2n) is 9.78. The third-order valence-electron chi connectivity index (χ3n) is 8.41. The number of hydrogen-bond acceptors (Lipinski definition) is 3. The summed E-state index contributed by atoms with van der Waals surface area (Å²) in [6.07, 6.45) is 5.72. The summed E-state index contributed by atoms with van der Waals surface area (Å²) in [7, 11) is 2.36. The quantitative estimate of drug-likeness (QED) is 0.654. The zero-order valence-corrected chi connectivity index (χ0v) is 15.5. The van der Waals surface area contributed by atoms with Crippen molar-refractivity contribution in [3.8, 4) is 11.5 Å². The third-order valence-corrected chi connectivity index (χ3v) is 8.41. The molecule has 1 saturated heterocycles. The van der Waals surface area contributed by atoms with Gasteiger partial charge in [0, 0.05) is 24.3 Å². The van der Waals surface area contributed by atoms with Gasteiger partial charge >= 0.3 is 0 Å². The number of likely N-dealkylation sites (tertiary alicyclic amines) is 1. The van der Waals surface area contributed by atoms with Crippen LogP contribution in [0.3, 0.4) is 0 Å². The Kier molecular flexibility index (Phi) is 2.67. The number of benzene rings is 1. The minimum Gasteiger partial charge on any atom is -0.870 e. The number of piperidine rings is 1. The summed E-state index contributed by atoms with van der Waals surface area (Å²) in [4.78, 5) is 0. The molecule has 0 amide bonds. The van der Waals surface area contributed by atoms with Crippen LogP contribution in [0.2, 0.25) is 0 Å². The minimum atomic E-state index is -0.799. The summed E-state index contributed by atoms with van der Waals surface area (Å²) >= 11 is 0. The molecule has 4 nitrogen and oxygen atoms in total. The first kappa shape index (κ1) is 15.5. The van der Waals surface area contributed by atoms with Gasteiger partial charge in [-0.25, -0.2) is 0 Å². The molecule has 2 saturated carbocycles. The van der Waals surface area contributed by atoms with Crippen LogP contribution in [-0.4, -0.2) is 47.5 Å². The number of hydrogen-bond donors (Lipinski definition) is 1. The van der Waals surface area contributed by atoms with Gasteiger partial charge in [-0.15, -0.1) is 0 Å². The van der Waals surface area contributed by atoms with Crippen LogP contribution in [0.5, 0.6) is 11.5 Å². The molecule has 138 valence electrons. The Labute approximate surface area is 154 Å². The van der Waals surface area contributed by atoms with E-state index in [-0.39, 0.29) is 17.9 Å². The second kappa shape index (κ2) is 4.48. The topological polar surface area (TPSA) is 52.5 Å². The smallest absolute Gasteiger partial charge is 0.132 e. The predicted molar refractivity (Wildman–Crippen MR) is 96.1 cm³/mol. The molecule has 1 spiro atoms. The first-order valence-corrected chi connectivity index (χ1v) is 10.1. The Bertz CT molecular complexity index is 846. The molecule has 0 radical (unpaired) electrons. The molecule has 3 fully saturated rings. The Morgan fingerprint density at radius 3 is 2.92 bits per heavy atom. The molecule has 1 unspecified atom stereocenters. The zero-order valence-electron chi connectivity index (χ0n) is 15.5. The van der Waals surface area contributed by atoms with Crippen molar-refractivity contribution < 1.29 is 19.4 Å². The molecule has 26 heavy (non-hydrogen) atoms. The lowest BCUT2D eigenvalue weighted by Gasteiger charge is -2.65. The SMILES string of the molecule is C=C1CC[C@]2(O)[C@H]3Cc4ccc([O-])c5c4[C@@]2(CC[N@@+]3(C)CC2CC2)C1O5. The molecular formula is C22H27NO3. The maximum atomic E-state index is 12.5. The summed E-state index contributed by atoms with van der Waals surface area (Å²) in [5.74, 6) is 1.29. The van der Waals surface area contributed by atoms with Crippen molar-refractivity contribution in [2.75, 3.05) is 20.1 Å². The van der Waals surface area contributed by atoms with Gasteiger partial charge in [-0.05, 0) is 36.8 Å². The lowest BCUT2D eigenvalue weighted by molar-refractivity contribution is -0.950. The number of likely N-dealkylation sites (N-methyl/N-ethyl adjacent to an activating group) is 1. The maximum absolute atomic E-state index is 12.5. The molecular weight excluding hydrogens is 326 g/mol. The van der Waals surface area contributed by atoms with Crippen LogP contribution in [0.15, 0.2) is 24.3 Å². The summed E-state index contributed by atoms with van der Waals surface area (Å²) in [5.41, 5.74) is 2.05. The van der Waals surface area contributed by atoms with Gasteiger partial charge in [0.25, 0.3) is 0 Å². The van der Waals surface area contributed by atoms with Crippen LogP contribution in [-0.2, 0) is 11.8 Å². The minimum absolute atomic E-state index is 0.0399. The molecule has 0 aromatic heterocycles. The largest absolute Gasteiger partial charge is 0.870 e. The van der Waals surface area contributed by atoms with E-state index in [9.17, 15) is 10.2 Å². The number of aliphatic hydroxyl groups is 1. The van der Waals surface area contributed by atoms with Gasteiger partial charge < -0.3 is 19.4 Å². The highest BCUT2D eigenvalue weighted by atomic mass is 16.5. The fourth-order valence-corrected chi connectivity index (χ4v) is 7.06. The van der Waals surface area contributed by atoms with E-state index in [0.717, 1.165) is 53.8 Å². The normalized spacial score (nSPS) is 45.2. The Morgan fingerprint density at radius 2 is 2.15 bits per heavy atom. The molecule has 1 aromatic rings. The van der Waals surface area contributed by atoms with Crippen LogP contribution in [0.1, 0.15) is 43.2 Å². The second-order valence-corrected chi connectivity index (χ2v) is 9.78. The first-order chi connectivity index (χ1) is 12.4. The summed E-state index contributed by atoms with van der Waals surface area (Å²) in [6.45, 7) is 6.51. The lowest BCUT2D eigenvalue weighted by atomic mass is 9.48. The third kappa shape index (κ3) is 1.56. The number of quaternary nitrogens is 1. The van der Waals surface area contributed by atoms with E-state index in [1.54, 1.807) is 6.07 Å². The molecule has 6 rings (SSSR count). The fraction of sp³-hybridized carbons (Fsp3) is 0.636. The fourth-order valence-electron chi connectivity index (χ4n) is 7.06. The lowest BCUT2D eigenvalue weighted by Crippen LogP contribution is -2.80. The van der Waals surface area contributed by atoms with Gasteiger partial charge in [0.2, 0.25) is 0 Å². The molecule has 2 aliphatic heterocycles. The molecule has 5 aliphatic rings. The molecule has 1 aromatic carbocycles. The summed E-state index contributed by atoms with van der Waals surface area (Å²) < 4.78 is 7.24. The standard InChI is InChI=1S/C22H27NO3/c1-13-7-8-22(25)17-11-15-5-6-16(24)19-18(15)21(22,20(13)26-19)9-10-23(17,2)12-14-3-4-14/h5-6,14,17,20,25H,1,3-4,7-12H2,2H3/t17-,20?,21+,22+,23+/m1/s1. The molecule has 4 heteroatoms. The highest BCUT2D eigenvalue weighted by molar-refractivity contribution is 5.63. The number of ether oxygens (including phenoxy) is 1. The van der Waals surface area contributed by atoms with Crippen LogP contribution >= 0.6 is 0 Å². The van der Waals surface area contributed by atoms with Gasteiger partial charge in [-0.2, -0.15) is 0 Å². The van der Waals surface area contributed by atoms with Crippen molar-refractivity contribution in [3.05, 3.63) is 35.4 Å². The van der Waals surface area contributed by atoms with E-state index in [4.69, 9.17) is 4.74 Å². The molecule has 5 atom stereocenters. The monoisotopic (exact) mass is 353 g/mol. The van der Waals surface area contributed by atoms with Gasteiger partial charge in [0.15, 0.2) is 0 Å². The van der Waals surface area contributed by atoms with Crippen molar-refractivity contribution in [2.45, 2.75) is 61.7 Å². The van der Waals surface area contributed by atoms with E-state index in [2.05, 4.69) is 13.6 Å². The average molecular weight is 353 g/mol. The van der Waals surface area contributed by atoms with Crippen molar-refractivity contribution in [1.82, 2.24) is 0 Å². The molecule has 2 heterocycles. The van der Waals surface area contributed by atoms with E-state index in [0.29, 0.717) is 5.75 Å². The van der Waals surface area contributed by atoms with Gasteiger partial charge in [-0.3, -0.25) is 0 Å². The predicted octanol–water partition coefficient (Wildman–Crippen LogP) is 2.03. The Hall–Kier alpha value is -1.52. The van der Waals surface area contributed by atoms with Crippen LogP contribution in [0.4, 0.5) is 0 Å². The van der Waals surface area contributed by atoms with Gasteiger partial charge in [0.1, 0.15) is 23.5 Å². The first-order valence-electron chi connectivity index (χ1n) is 10.1. The van der Waals surface area contributed by atoms with Crippen LogP contribution < -0.4 is 9.84 Å². The summed E-state index contributed by atoms with van der Waals surface area (Å²) in [6, 6.07) is 3.86. The molecule has 2 bridgehead atoms. The van der Waals surface area contributed by atoms with Crippen LogP contribution in [0, 0.1) is 5.92 Å². The van der Waals surface area contributed by atoms with Gasteiger partial charge in [-0.1, -0.05) is 24.5 Å². The number of rotatable bonds is 2. The van der Waals surface area contributed by atoms with E-state index in [1.807, 2.05) is 6.07 Å². The molecule has 1 N–H and O–H groups in total. The van der Waals surface area contributed by atoms with E-state index < -0.39 is 11.0 Å². The van der Waals surface area contributed by atoms with E-state index >= 15 is 0 Å². The van der Waals surface area contributed by atoms with E-state index in [1.165, 1.54) is 24.9 Å². The number of nitrogens with zero attached hydrogens (tertiary/aromatic N) is 1. The average Bonchev–Trinajstić information content (AvgIpc) is 3.32. The van der Waals surface area contributed by atoms with Crippen molar-refractivity contribution in [1.29, 1.82) is 0 Å². The summed E-state index contributed by atoms with van der Waals surface area (Å²) in [5, 5.41) is 24.8. The van der Waals surface area contributed by atoms with Crippen LogP contribution in [0.25, 0.3) is 0 Å². The Morgan fingerprint density at radius 1 is 1.35 bits per heavy atom.